The van der Waals surface area contributed by atoms with Crippen LogP contribution in [0, 0.1) is 6.92 Å². The van der Waals surface area contributed by atoms with E-state index < -0.39 is 6.09 Å². The van der Waals surface area contributed by atoms with Crippen LogP contribution in [0.4, 0.5) is 4.79 Å². The average Bonchev–Trinajstić information content (AvgIpc) is 2.76. The molecule has 0 saturated carbocycles. The Morgan fingerprint density at radius 1 is 1.39 bits per heavy atom. The van der Waals surface area contributed by atoms with Crippen LogP contribution in [-0.4, -0.2) is 22.6 Å². The minimum atomic E-state index is -0.447. The monoisotopic (exact) mass is 245 g/mol. The molecule has 0 spiro atoms. The number of H-pyrrole nitrogens is 1. The van der Waals surface area contributed by atoms with Gasteiger partial charge in [0.2, 0.25) is 0 Å². The van der Waals surface area contributed by atoms with Gasteiger partial charge in [0.25, 0.3) is 0 Å². The number of aromatic amines is 1. The predicted octanol–water partition coefficient (Wildman–Crippen LogP) is 2.05. The maximum absolute atomic E-state index is 11.4. The van der Waals surface area contributed by atoms with E-state index in [1.165, 1.54) is 0 Å². The minimum absolute atomic E-state index is 0.447. The standard InChI is InChI=1S/C13H15N3O2/c1-10-15-9-11(16-10)7-8-14-13(17)18-12-5-3-2-4-6-12/h2-6,9H,7-8H2,1H3,(H,14,17)(H,15,16). The van der Waals surface area contributed by atoms with Crippen LogP contribution in [0.25, 0.3) is 0 Å². The molecule has 0 bridgehead atoms. The average molecular weight is 245 g/mol. The van der Waals surface area contributed by atoms with Gasteiger partial charge in [-0.1, -0.05) is 18.2 Å². The summed E-state index contributed by atoms with van der Waals surface area (Å²) in [6, 6.07) is 8.97. The number of para-hydroxylation sites is 1. The number of carbonyl (C=O) groups is 1. The van der Waals surface area contributed by atoms with E-state index >= 15 is 0 Å². The van der Waals surface area contributed by atoms with Crippen molar-refractivity contribution in [2.45, 2.75) is 13.3 Å². The number of nitrogens with zero attached hydrogens (tertiary/aromatic N) is 1. The fraction of sp³-hybridized carbons (Fsp3) is 0.231. The van der Waals surface area contributed by atoms with E-state index in [1.807, 2.05) is 25.1 Å². The maximum atomic E-state index is 11.4. The van der Waals surface area contributed by atoms with Gasteiger partial charge in [0.05, 0.1) is 0 Å². The molecule has 5 nitrogen and oxygen atoms in total. The molecule has 0 aliphatic heterocycles. The van der Waals surface area contributed by atoms with E-state index in [2.05, 4.69) is 15.3 Å². The molecule has 0 aliphatic carbocycles. The first kappa shape index (κ1) is 12.2. The highest BCUT2D eigenvalue weighted by Gasteiger charge is 2.03. The highest BCUT2D eigenvalue weighted by molar-refractivity contribution is 5.70. The molecule has 0 aliphatic rings. The van der Waals surface area contributed by atoms with Gasteiger partial charge < -0.3 is 15.0 Å². The molecule has 0 saturated heterocycles. The molecule has 0 unspecified atom stereocenters. The van der Waals surface area contributed by atoms with E-state index in [0.717, 1.165) is 11.5 Å². The second-order valence-electron chi connectivity index (χ2n) is 3.87. The highest BCUT2D eigenvalue weighted by atomic mass is 16.5. The normalized spacial score (nSPS) is 10.1. The van der Waals surface area contributed by atoms with Crippen LogP contribution in [-0.2, 0) is 6.42 Å². The summed E-state index contributed by atoms with van der Waals surface area (Å²) in [5.74, 6) is 1.41. The second-order valence-corrected chi connectivity index (χ2v) is 3.87. The van der Waals surface area contributed by atoms with Gasteiger partial charge in [0.15, 0.2) is 0 Å². The lowest BCUT2D eigenvalue weighted by atomic mass is 10.3. The molecule has 0 radical (unpaired) electrons. The number of hydrogen-bond acceptors (Lipinski definition) is 3. The number of benzene rings is 1. The number of rotatable bonds is 4. The van der Waals surface area contributed by atoms with Crippen molar-refractivity contribution >= 4 is 6.09 Å². The first-order valence-corrected chi connectivity index (χ1v) is 5.75. The molecule has 18 heavy (non-hydrogen) atoms. The largest absolute Gasteiger partial charge is 0.412 e. The van der Waals surface area contributed by atoms with Gasteiger partial charge in [-0.3, -0.25) is 0 Å². The fourth-order valence-electron chi connectivity index (χ4n) is 1.53. The molecule has 2 rings (SSSR count). The summed E-state index contributed by atoms with van der Waals surface area (Å²) in [6.45, 7) is 2.40. The van der Waals surface area contributed by atoms with Crippen molar-refractivity contribution < 1.29 is 9.53 Å². The van der Waals surface area contributed by atoms with Crippen LogP contribution in [0.5, 0.6) is 5.75 Å². The number of imidazole rings is 1. The van der Waals surface area contributed by atoms with Gasteiger partial charge in [0.1, 0.15) is 11.6 Å². The Hall–Kier alpha value is -2.30. The second kappa shape index (κ2) is 5.86. The first-order chi connectivity index (χ1) is 8.74. The molecule has 1 heterocycles. The summed E-state index contributed by atoms with van der Waals surface area (Å²) < 4.78 is 5.08. The van der Waals surface area contributed by atoms with Crippen LogP contribution in [0.15, 0.2) is 36.5 Å². The third-order valence-corrected chi connectivity index (χ3v) is 2.37. The molecule has 5 heteroatoms. The fourth-order valence-corrected chi connectivity index (χ4v) is 1.53. The van der Waals surface area contributed by atoms with Crippen LogP contribution < -0.4 is 10.1 Å². The molecule has 0 fully saturated rings. The molecular weight excluding hydrogens is 230 g/mol. The van der Waals surface area contributed by atoms with Crippen molar-refractivity contribution in [1.29, 1.82) is 0 Å². The predicted molar refractivity (Wildman–Crippen MR) is 67.5 cm³/mol. The summed E-state index contributed by atoms with van der Waals surface area (Å²) in [7, 11) is 0. The summed E-state index contributed by atoms with van der Waals surface area (Å²) in [5.41, 5.74) is 0.993. The van der Waals surface area contributed by atoms with E-state index in [9.17, 15) is 4.79 Å². The molecular formula is C13H15N3O2. The van der Waals surface area contributed by atoms with Crippen molar-refractivity contribution in [3.05, 3.63) is 48.0 Å². The van der Waals surface area contributed by atoms with Crippen molar-refractivity contribution in [3.8, 4) is 5.75 Å². The zero-order valence-corrected chi connectivity index (χ0v) is 10.1. The number of hydrogen-bond donors (Lipinski definition) is 2. The lowest BCUT2D eigenvalue weighted by molar-refractivity contribution is 0.200. The van der Waals surface area contributed by atoms with Crippen molar-refractivity contribution in [1.82, 2.24) is 15.3 Å². The third kappa shape index (κ3) is 3.62. The Morgan fingerprint density at radius 3 is 2.83 bits per heavy atom. The topological polar surface area (TPSA) is 67.0 Å². The molecule has 1 amide bonds. The Kier molecular flexibility index (Phi) is 3.96. The smallest absolute Gasteiger partial charge is 0.410 e. The number of ether oxygens (including phenoxy) is 1. The number of carbonyl (C=O) groups excluding carboxylic acids is 1. The minimum Gasteiger partial charge on any atom is -0.410 e. The van der Waals surface area contributed by atoms with Gasteiger partial charge in [-0.05, 0) is 19.1 Å². The quantitative estimate of drug-likeness (QED) is 0.866. The molecule has 2 aromatic rings. The van der Waals surface area contributed by atoms with Crippen molar-refractivity contribution in [3.63, 3.8) is 0 Å². The zero-order chi connectivity index (χ0) is 12.8. The highest BCUT2D eigenvalue weighted by Crippen LogP contribution is 2.07. The number of nitrogens with one attached hydrogen (secondary N) is 2. The Balaban J connectivity index is 1.72. The van der Waals surface area contributed by atoms with Gasteiger partial charge in [-0.15, -0.1) is 0 Å². The van der Waals surface area contributed by atoms with E-state index in [0.29, 0.717) is 18.7 Å². The summed E-state index contributed by atoms with van der Waals surface area (Å²) >= 11 is 0. The third-order valence-electron chi connectivity index (χ3n) is 2.37. The zero-order valence-electron chi connectivity index (χ0n) is 10.1. The summed E-state index contributed by atoms with van der Waals surface area (Å²) in [6.07, 6.45) is 2.02. The summed E-state index contributed by atoms with van der Waals surface area (Å²) in [5, 5.41) is 2.68. The number of aromatic nitrogens is 2. The molecule has 2 N–H and O–H groups in total. The Bertz CT molecular complexity index is 508. The van der Waals surface area contributed by atoms with Gasteiger partial charge in [-0.25, -0.2) is 9.78 Å². The molecule has 94 valence electrons. The Labute approximate surface area is 105 Å². The van der Waals surface area contributed by atoms with Crippen LogP contribution >= 0.6 is 0 Å². The van der Waals surface area contributed by atoms with Crippen molar-refractivity contribution in [2.24, 2.45) is 0 Å². The SMILES string of the molecule is Cc1ncc(CCNC(=O)Oc2ccccc2)[nH]1. The maximum Gasteiger partial charge on any atom is 0.412 e. The molecule has 1 aromatic heterocycles. The number of aryl methyl sites for hydroxylation is 1. The van der Waals surface area contributed by atoms with Crippen molar-refractivity contribution in [2.75, 3.05) is 6.54 Å². The van der Waals surface area contributed by atoms with Gasteiger partial charge >= 0.3 is 6.09 Å². The van der Waals surface area contributed by atoms with E-state index in [4.69, 9.17) is 4.74 Å². The molecule has 1 aromatic carbocycles. The van der Waals surface area contributed by atoms with Gasteiger partial charge in [0, 0.05) is 24.9 Å². The van der Waals surface area contributed by atoms with Crippen LogP contribution in [0.2, 0.25) is 0 Å². The Morgan fingerprint density at radius 2 is 2.17 bits per heavy atom. The van der Waals surface area contributed by atoms with Crippen LogP contribution in [0.3, 0.4) is 0 Å². The lowest BCUT2D eigenvalue weighted by Gasteiger charge is -2.05. The van der Waals surface area contributed by atoms with E-state index in [1.54, 1.807) is 18.3 Å². The summed E-state index contributed by atoms with van der Waals surface area (Å²) in [4.78, 5) is 18.6. The molecule has 0 atom stereocenters. The van der Waals surface area contributed by atoms with Gasteiger partial charge in [-0.2, -0.15) is 0 Å². The lowest BCUT2D eigenvalue weighted by Crippen LogP contribution is -2.28. The first-order valence-electron chi connectivity index (χ1n) is 5.75. The van der Waals surface area contributed by atoms with E-state index in [-0.39, 0.29) is 0 Å². The van der Waals surface area contributed by atoms with Crippen LogP contribution in [0.1, 0.15) is 11.5 Å². The number of amides is 1.